The van der Waals surface area contributed by atoms with Crippen molar-refractivity contribution in [2.45, 2.75) is 44.6 Å². The average Bonchev–Trinajstić information content (AvgIpc) is 2.43. The van der Waals surface area contributed by atoms with Crippen molar-refractivity contribution < 1.29 is 9.59 Å². The molecule has 0 aromatic rings. The Morgan fingerprint density at radius 3 is 2.70 bits per heavy atom. The number of rotatable bonds is 3. The van der Waals surface area contributed by atoms with E-state index in [0.29, 0.717) is 13.1 Å². The summed E-state index contributed by atoms with van der Waals surface area (Å²) in [6.45, 7) is 5.42. The van der Waals surface area contributed by atoms with Crippen molar-refractivity contribution in [1.82, 2.24) is 20.9 Å². The summed E-state index contributed by atoms with van der Waals surface area (Å²) in [6, 6.07) is -0.398. The number of amides is 3. The lowest BCUT2D eigenvalue weighted by Crippen LogP contribution is -2.63. The van der Waals surface area contributed by atoms with Gasteiger partial charge in [-0.3, -0.25) is 15.0 Å². The number of nitrogens with zero attached hydrogens (tertiary/aromatic N) is 1. The zero-order chi connectivity index (χ0) is 14.4. The Balaban J connectivity index is 1.91. The van der Waals surface area contributed by atoms with Crippen molar-refractivity contribution in [1.29, 1.82) is 0 Å². The minimum Gasteiger partial charge on any atom is -0.338 e. The monoisotopic (exact) mass is 282 g/mol. The van der Waals surface area contributed by atoms with E-state index in [0.717, 1.165) is 32.5 Å². The Bertz CT molecular complexity index is 345. The van der Waals surface area contributed by atoms with Crippen molar-refractivity contribution in [3.8, 4) is 0 Å². The van der Waals surface area contributed by atoms with Crippen LogP contribution in [0.25, 0.3) is 0 Å². The Kier molecular flexibility index (Phi) is 5.37. The maximum Gasteiger partial charge on any atom is 0.321 e. The van der Waals surface area contributed by atoms with Crippen LogP contribution < -0.4 is 16.0 Å². The zero-order valence-corrected chi connectivity index (χ0v) is 12.3. The molecule has 2 aliphatic rings. The molecule has 0 aromatic heterocycles. The van der Waals surface area contributed by atoms with Gasteiger partial charge in [0.25, 0.3) is 0 Å². The maximum absolute atomic E-state index is 12.0. The van der Waals surface area contributed by atoms with Gasteiger partial charge in [-0.15, -0.1) is 0 Å². The van der Waals surface area contributed by atoms with Crippen LogP contribution in [0.5, 0.6) is 0 Å². The molecule has 3 amide bonds. The predicted molar refractivity (Wildman–Crippen MR) is 77.5 cm³/mol. The van der Waals surface area contributed by atoms with Gasteiger partial charge in [-0.05, 0) is 19.8 Å². The van der Waals surface area contributed by atoms with E-state index in [-0.39, 0.29) is 11.4 Å². The lowest BCUT2D eigenvalue weighted by molar-refractivity contribution is -0.123. The Hall–Kier alpha value is -1.14. The number of nitrogens with one attached hydrogen (secondary N) is 3. The van der Waals surface area contributed by atoms with Crippen molar-refractivity contribution in [3.05, 3.63) is 0 Å². The third kappa shape index (κ3) is 3.70. The highest BCUT2D eigenvalue weighted by molar-refractivity contribution is 5.95. The molecule has 2 rings (SSSR count). The van der Waals surface area contributed by atoms with Gasteiger partial charge in [0.15, 0.2) is 0 Å². The number of imide groups is 1. The molecule has 0 bridgehead atoms. The molecular weight excluding hydrogens is 256 g/mol. The van der Waals surface area contributed by atoms with Gasteiger partial charge in [-0.1, -0.05) is 19.3 Å². The third-order valence-electron chi connectivity index (χ3n) is 4.39. The van der Waals surface area contributed by atoms with Gasteiger partial charge in [-0.2, -0.15) is 0 Å². The number of carbonyl (C=O) groups is 2. The summed E-state index contributed by atoms with van der Waals surface area (Å²) in [5.41, 5.74) is 0.120. The van der Waals surface area contributed by atoms with Crippen LogP contribution >= 0.6 is 0 Å². The first-order valence-corrected chi connectivity index (χ1v) is 7.70. The summed E-state index contributed by atoms with van der Waals surface area (Å²) in [7, 11) is 0. The predicted octanol–water partition coefficient (Wildman–Crippen LogP) is 0.440. The van der Waals surface area contributed by atoms with Crippen LogP contribution in [-0.2, 0) is 4.79 Å². The van der Waals surface area contributed by atoms with E-state index >= 15 is 0 Å². The van der Waals surface area contributed by atoms with E-state index in [4.69, 9.17) is 0 Å². The highest BCUT2D eigenvalue weighted by Crippen LogP contribution is 2.34. The summed E-state index contributed by atoms with van der Waals surface area (Å²) >= 11 is 0. The maximum atomic E-state index is 12.0. The summed E-state index contributed by atoms with van der Waals surface area (Å²) in [4.78, 5) is 25.7. The first kappa shape index (κ1) is 15.3. The highest BCUT2D eigenvalue weighted by atomic mass is 16.2. The SMILES string of the molecule is CCNC(=O)NC(=O)CN1CCNCC12CCCCC2. The molecule has 1 aliphatic heterocycles. The van der Waals surface area contributed by atoms with Crippen molar-refractivity contribution in [2.24, 2.45) is 0 Å². The fraction of sp³-hybridized carbons (Fsp3) is 0.857. The summed E-state index contributed by atoms with van der Waals surface area (Å²) in [5.74, 6) is -0.206. The first-order valence-electron chi connectivity index (χ1n) is 7.70. The fourth-order valence-corrected chi connectivity index (χ4v) is 3.38. The van der Waals surface area contributed by atoms with Gasteiger partial charge in [0.05, 0.1) is 6.54 Å². The van der Waals surface area contributed by atoms with Crippen LogP contribution in [0, 0.1) is 0 Å². The fourth-order valence-electron chi connectivity index (χ4n) is 3.38. The number of carbonyl (C=O) groups excluding carboxylic acids is 2. The lowest BCUT2D eigenvalue weighted by Gasteiger charge is -2.49. The van der Waals surface area contributed by atoms with Gasteiger partial charge in [0.1, 0.15) is 0 Å². The summed E-state index contributed by atoms with van der Waals surface area (Å²) < 4.78 is 0. The summed E-state index contributed by atoms with van der Waals surface area (Å²) in [5, 5.41) is 8.44. The normalized spacial score (nSPS) is 22.4. The smallest absolute Gasteiger partial charge is 0.321 e. The summed E-state index contributed by atoms with van der Waals surface area (Å²) in [6.07, 6.45) is 6.05. The molecular formula is C14H26N4O2. The van der Waals surface area contributed by atoms with Crippen LogP contribution in [-0.4, -0.2) is 55.1 Å². The number of urea groups is 1. The number of hydrogen-bond acceptors (Lipinski definition) is 4. The van der Waals surface area contributed by atoms with Crippen LogP contribution in [0.3, 0.4) is 0 Å². The van der Waals surface area contributed by atoms with Crippen molar-refractivity contribution in [2.75, 3.05) is 32.7 Å². The molecule has 3 N–H and O–H groups in total. The molecule has 114 valence electrons. The zero-order valence-electron chi connectivity index (χ0n) is 12.3. The highest BCUT2D eigenvalue weighted by Gasteiger charge is 2.40. The molecule has 6 heteroatoms. The van der Waals surface area contributed by atoms with Gasteiger partial charge >= 0.3 is 6.03 Å². The minimum absolute atomic E-state index is 0.120. The molecule has 1 saturated carbocycles. The second-order valence-electron chi connectivity index (χ2n) is 5.79. The topological polar surface area (TPSA) is 73.5 Å². The van der Waals surface area contributed by atoms with Crippen molar-refractivity contribution >= 4 is 11.9 Å². The molecule has 20 heavy (non-hydrogen) atoms. The van der Waals surface area contributed by atoms with Gasteiger partial charge in [-0.25, -0.2) is 4.79 Å². The molecule has 0 aromatic carbocycles. The largest absolute Gasteiger partial charge is 0.338 e. The van der Waals surface area contributed by atoms with Crippen LogP contribution in [0.15, 0.2) is 0 Å². The van der Waals surface area contributed by atoms with Gasteiger partial charge in [0.2, 0.25) is 5.91 Å². The molecule has 2 fully saturated rings. The molecule has 1 aliphatic carbocycles. The van der Waals surface area contributed by atoms with Crippen LogP contribution in [0.4, 0.5) is 4.79 Å². The quantitative estimate of drug-likeness (QED) is 0.702. The molecule has 1 spiro atoms. The van der Waals surface area contributed by atoms with Crippen molar-refractivity contribution in [3.63, 3.8) is 0 Å². The second-order valence-corrected chi connectivity index (χ2v) is 5.79. The minimum atomic E-state index is -0.398. The van der Waals surface area contributed by atoms with E-state index < -0.39 is 6.03 Å². The van der Waals surface area contributed by atoms with E-state index in [2.05, 4.69) is 20.9 Å². The average molecular weight is 282 g/mol. The number of hydrogen-bond donors (Lipinski definition) is 3. The molecule has 6 nitrogen and oxygen atoms in total. The molecule has 1 heterocycles. The van der Waals surface area contributed by atoms with E-state index in [9.17, 15) is 9.59 Å². The standard InChI is InChI=1S/C14H26N4O2/c1-2-16-13(20)17-12(19)10-18-9-8-15-11-14(18)6-4-3-5-7-14/h15H,2-11H2,1H3,(H2,16,17,19,20). The Labute approximate surface area is 120 Å². The van der Waals surface area contributed by atoms with Gasteiger partial charge < -0.3 is 10.6 Å². The first-order chi connectivity index (χ1) is 9.66. The molecule has 0 atom stereocenters. The molecule has 1 saturated heterocycles. The lowest BCUT2D eigenvalue weighted by atomic mass is 9.79. The third-order valence-corrected chi connectivity index (χ3v) is 4.39. The van der Waals surface area contributed by atoms with E-state index in [1.807, 2.05) is 6.92 Å². The Morgan fingerprint density at radius 1 is 1.25 bits per heavy atom. The van der Waals surface area contributed by atoms with Crippen LogP contribution in [0.1, 0.15) is 39.0 Å². The Morgan fingerprint density at radius 2 is 2.00 bits per heavy atom. The number of piperazine rings is 1. The van der Waals surface area contributed by atoms with Crippen LogP contribution in [0.2, 0.25) is 0 Å². The molecule has 0 unspecified atom stereocenters. The van der Waals surface area contributed by atoms with Gasteiger partial charge in [0, 0.05) is 31.7 Å². The second kappa shape index (κ2) is 7.04. The molecule has 0 radical (unpaired) electrons. The van der Waals surface area contributed by atoms with E-state index in [1.54, 1.807) is 0 Å². The van der Waals surface area contributed by atoms with E-state index in [1.165, 1.54) is 19.3 Å².